The quantitative estimate of drug-likeness (QED) is 0.452. The summed E-state index contributed by atoms with van der Waals surface area (Å²) in [4.78, 5) is 15.8. The van der Waals surface area contributed by atoms with E-state index in [2.05, 4.69) is 4.99 Å². The maximum absolute atomic E-state index is 11.6. The molecule has 1 fully saturated rings. The summed E-state index contributed by atoms with van der Waals surface area (Å²) in [6.07, 6.45) is -0.423. The summed E-state index contributed by atoms with van der Waals surface area (Å²) in [6.45, 7) is 4.31. The highest BCUT2D eigenvalue weighted by Crippen LogP contribution is 2.60. The standard InChI is InChI=1S/C19H17ClN2O4/c1-18(2)11-25-17(21-18)19(14-5-3-4-6-15(14)22(23)24)16(26-19)12-7-9-13(20)10-8-12/h3-10,16H,11H2,1-2H3/t16-,19+/m1/s1. The Hall–Kier alpha value is -2.44. The molecule has 26 heavy (non-hydrogen) atoms. The molecule has 2 heterocycles. The number of rotatable bonds is 4. The highest BCUT2D eigenvalue weighted by Gasteiger charge is 2.67. The van der Waals surface area contributed by atoms with Gasteiger partial charge in [0, 0.05) is 11.1 Å². The largest absolute Gasteiger partial charge is 0.476 e. The molecule has 7 heteroatoms. The zero-order valence-corrected chi connectivity index (χ0v) is 15.1. The number of nitro benzene ring substituents is 1. The summed E-state index contributed by atoms with van der Waals surface area (Å²) in [6, 6.07) is 13.8. The molecular formula is C19H17ClN2O4. The Bertz CT molecular complexity index is 910. The van der Waals surface area contributed by atoms with Gasteiger partial charge in [-0.15, -0.1) is 0 Å². The van der Waals surface area contributed by atoms with Gasteiger partial charge < -0.3 is 9.47 Å². The molecule has 2 aliphatic rings. The van der Waals surface area contributed by atoms with Gasteiger partial charge in [0.1, 0.15) is 12.7 Å². The fourth-order valence-corrected chi connectivity index (χ4v) is 3.42. The van der Waals surface area contributed by atoms with E-state index < -0.39 is 22.2 Å². The molecule has 0 amide bonds. The molecule has 4 rings (SSSR count). The average Bonchev–Trinajstić information content (AvgIpc) is 3.26. The monoisotopic (exact) mass is 372 g/mol. The lowest BCUT2D eigenvalue weighted by atomic mass is 9.90. The lowest BCUT2D eigenvalue weighted by Crippen LogP contribution is -2.24. The number of benzene rings is 2. The normalized spacial score (nSPS) is 26.1. The van der Waals surface area contributed by atoms with Gasteiger partial charge in [-0.05, 0) is 37.6 Å². The number of ether oxygens (including phenoxy) is 2. The molecule has 0 aromatic heterocycles. The SMILES string of the molecule is CC1(C)COC([C@@]2(c3ccccc3[N+](=O)[O-])O[C@@H]2c2ccc(Cl)cc2)=N1. The molecule has 134 valence electrons. The third-order valence-electron chi connectivity index (χ3n) is 4.57. The van der Waals surface area contributed by atoms with Crippen molar-refractivity contribution in [1.29, 1.82) is 0 Å². The van der Waals surface area contributed by atoms with Gasteiger partial charge in [0.25, 0.3) is 5.69 Å². The summed E-state index contributed by atoms with van der Waals surface area (Å²) in [5.41, 5.74) is -0.196. The maximum atomic E-state index is 11.6. The summed E-state index contributed by atoms with van der Waals surface area (Å²) >= 11 is 5.98. The zero-order chi connectivity index (χ0) is 18.5. The Kier molecular flexibility index (Phi) is 3.78. The first-order chi connectivity index (χ1) is 12.3. The Balaban J connectivity index is 1.86. The van der Waals surface area contributed by atoms with Crippen LogP contribution >= 0.6 is 11.6 Å². The highest BCUT2D eigenvalue weighted by molar-refractivity contribution is 6.30. The Morgan fingerprint density at radius 2 is 1.88 bits per heavy atom. The van der Waals surface area contributed by atoms with E-state index in [4.69, 9.17) is 21.1 Å². The topological polar surface area (TPSA) is 77.3 Å². The van der Waals surface area contributed by atoms with Crippen LogP contribution in [0.15, 0.2) is 53.5 Å². The third-order valence-corrected chi connectivity index (χ3v) is 4.83. The fourth-order valence-electron chi connectivity index (χ4n) is 3.30. The lowest BCUT2D eigenvalue weighted by Gasteiger charge is -2.14. The average molecular weight is 373 g/mol. The Morgan fingerprint density at radius 3 is 2.50 bits per heavy atom. The maximum Gasteiger partial charge on any atom is 0.276 e. The van der Waals surface area contributed by atoms with Crippen LogP contribution in [-0.4, -0.2) is 23.0 Å². The van der Waals surface area contributed by atoms with Gasteiger partial charge >= 0.3 is 0 Å². The van der Waals surface area contributed by atoms with Crippen LogP contribution in [0.1, 0.15) is 31.1 Å². The van der Waals surface area contributed by atoms with E-state index in [9.17, 15) is 10.1 Å². The number of para-hydroxylation sites is 1. The number of hydrogen-bond acceptors (Lipinski definition) is 5. The second-order valence-corrected chi connectivity index (χ2v) is 7.51. The van der Waals surface area contributed by atoms with E-state index in [0.717, 1.165) is 5.56 Å². The zero-order valence-electron chi connectivity index (χ0n) is 14.3. The molecule has 2 aromatic rings. The molecule has 2 aromatic carbocycles. The van der Waals surface area contributed by atoms with Crippen LogP contribution in [0.25, 0.3) is 0 Å². The minimum atomic E-state index is -1.09. The van der Waals surface area contributed by atoms with E-state index in [-0.39, 0.29) is 5.69 Å². The minimum absolute atomic E-state index is 0.0139. The molecule has 0 aliphatic carbocycles. The number of nitro groups is 1. The van der Waals surface area contributed by atoms with Crippen molar-refractivity contribution in [3.63, 3.8) is 0 Å². The Labute approximate surface area is 155 Å². The molecule has 2 atom stereocenters. The Morgan fingerprint density at radius 1 is 1.19 bits per heavy atom. The molecule has 0 saturated carbocycles. The van der Waals surface area contributed by atoms with Crippen molar-refractivity contribution < 1.29 is 14.4 Å². The van der Waals surface area contributed by atoms with E-state index in [1.807, 2.05) is 26.0 Å². The van der Waals surface area contributed by atoms with Crippen molar-refractivity contribution in [3.05, 3.63) is 74.8 Å². The second kappa shape index (κ2) is 5.79. The third kappa shape index (κ3) is 2.66. The predicted octanol–water partition coefficient (Wildman–Crippen LogP) is 4.42. The van der Waals surface area contributed by atoms with Crippen molar-refractivity contribution in [2.75, 3.05) is 6.61 Å². The molecule has 6 nitrogen and oxygen atoms in total. The lowest BCUT2D eigenvalue weighted by molar-refractivity contribution is -0.385. The molecule has 0 radical (unpaired) electrons. The van der Waals surface area contributed by atoms with E-state index in [1.54, 1.807) is 30.3 Å². The van der Waals surface area contributed by atoms with Crippen LogP contribution in [0.5, 0.6) is 0 Å². The number of halogens is 1. The number of nitrogens with zero attached hydrogens (tertiary/aromatic N) is 2. The summed E-state index contributed by atoms with van der Waals surface area (Å²) < 4.78 is 11.9. The van der Waals surface area contributed by atoms with Gasteiger partial charge in [-0.3, -0.25) is 10.1 Å². The molecule has 0 N–H and O–H groups in total. The molecule has 0 spiro atoms. The highest BCUT2D eigenvalue weighted by atomic mass is 35.5. The van der Waals surface area contributed by atoms with Crippen LogP contribution < -0.4 is 0 Å². The van der Waals surface area contributed by atoms with E-state index >= 15 is 0 Å². The van der Waals surface area contributed by atoms with Gasteiger partial charge in [-0.1, -0.05) is 35.9 Å². The molecule has 2 aliphatic heterocycles. The van der Waals surface area contributed by atoms with E-state index in [0.29, 0.717) is 23.1 Å². The number of epoxide rings is 1. The first-order valence-corrected chi connectivity index (χ1v) is 8.62. The van der Waals surface area contributed by atoms with Crippen molar-refractivity contribution in [2.24, 2.45) is 4.99 Å². The number of aliphatic imine (C=N–C) groups is 1. The molecule has 0 unspecified atom stereocenters. The van der Waals surface area contributed by atoms with Crippen LogP contribution in [0, 0.1) is 10.1 Å². The van der Waals surface area contributed by atoms with E-state index in [1.165, 1.54) is 6.07 Å². The summed E-state index contributed by atoms with van der Waals surface area (Å²) in [7, 11) is 0. The van der Waals surface area contributed by atoms with Crippen LogP contribution in [0.3, 0.4) is 0 Å². The van der Waals surface area contributed by atoms with Crippen molar-refractivity contribution >= 4 is 23.2 Å². The van der Waals surface area contributed by atoms with Crippen molar-refractivity contribution in [1.82, 2.24) is 0 Å². The van der Waals surface area contributed by atoms with Crippen molar-refractivity contribution in [3.8, 4) is 0 Å². The van der Waals surface area contributed by atoms with Gasteiger partial charge in [0.2, 0.25) is 11.5 Å². The first-order valence-electron chi connectivity index (χ1n) is 8.24. The second-order valence-electron chi connectivity index (χ2n) is 7.08. The molecule has 1 saturated heterocycles. The van der Waals surface area contributed by atoms with Crippen molar-refractivity contribution in [2.45, 2.75) is 31.1 Å². The van der Waals surface area contributed by atoms with Crippen LogP contribution in [0.2, 0.25) is 5.02 Å². The molecular weight excluding hydrogens is 356 g/mol. The van der Waals surface area contributed by atoms with Gasteiger partial charge in [-0.25, -0.2) is 4.99 Å². The summed E-state index contributed by atoms with van der Waals surface area (Å²) in [5, 5.41) is 12.2. The predicted molar refractivity (Wildman–Crippen MR) is 97.5 cm³/mol. The smallest absolute Gasteiger partial charge is 0.276 e. The fraction of sp³-hybridized carbons (Fsp3) is 0.316. The minimum Gasteiger partial charge on any atom is -0.476 e. The first kappa shape index (κ1) is 17.0. The number of hydrogen-bond donors (Lipinski definition) is 0. The van der Waals surface area contributed by atoms with Gasteiger partial charge in [-0.2, -0.15) is 0 Å². The van der Waals surface area contributed by atoms with Gasteiger partial charge in [0.05, 0.1) is 16.0 Å². The molecule has 0 bridgehead atoms. The van der Waals surface area contributed by atoms with Gasteiger partial charge in [0.15, 0.2) is 0 Å². The van der Waals surface area contributed by atoms with Crippen LogP contribution in [-0.2, 0) is 15.1 Å². The summed E-state index contributed by atoms with van der Waals surface area (Å²) in [5.74, 6) is 0.386. The van der Waals surface area contributed by atoms with Crippen LogP contribution in [0.4, 0.5) is 5.69 Å².